The smallest absolute Gasteiger partial charge is 0.181 e. The molecule has 0 saturated carbocycles. The fourth-order valence-corrected chi connectivity index (χ4v) is 4.72. The molecule has 1 heterocycles. The minimum absolute atomic E-state index is 0.178. The molecule has 0 amide bonds. The van der Waals surface area contributed by atoms with Crippen LogP contribution >= 0.6 is 0 Å². The fraction of sp³-hybridized carbons (Fsp3) is 0.632. The largest absolute Gasteiger partial charge is 0.744 e. The number of carbonyl (C=O) groups excluding carboxylic acids is 1. The number of hydrogen-bond acceptors (Lipinski definition) is 5. The maximum Gasteiger partial charge on any atom is 0.181 e. The zero-order valence-electron chi connectivity index (χ0n) is 15.7. The molecule has 26 heavy (non-hydrogen) atoms. The van der Waals surface area contributed by atoms with E-state index in [-0.39, 0.29) is 4.90 Å². The lowest BCUT2D eigenvalue weighted by Gasteiger charge is -2.13. The van der Waals surface area contributed by atoms with Gasteiger partial charge in [0.25, 0.3) is 0 Å². The van der Waals surface area contributed by atoms with Gasteiger partial charge in [-0.1, -0.05) is 43.9 Å². The van der Waals surface area contributed by atoms with E-state index in [0.29, 0.717) is 16.7 Å². The monoisotopic (exact) mass is 402 g/mol. The maximum atomic E-state index is 11.6. The van der Waals surface area contributed by atoms with Crippen molar-refractivity contribution >= 4 is 26.8 Å². The van der Waals surface area contributed by atoms with Gasteiger partial charge in [0.05, 0.1) is 18.1 Å². The highest BCUT2D eigenvalue weighted by atomic mass is 32.2. The molecular formula is C19H30O5S2. The molecule has 1 aliphatic heterocycles. The maximum absolute atomic E-state index is 11.6. The number of ketones is 1. The molecule has 1 saturated heterocycles. The second kappa shape index (κ2) is 12.5. The summed E-state index contributed by atoms with van der Waals surface area (Å²) in [4.78, 5) is 11.5. The van der Waals surface area contributed by atoms with Crippen LogP contribution in [-0.2, 0) is 30.5 Å². The van der Waals surface area contributed by atoms with Gasteiger partial charge in [-0.2, -0.15) is 0 Å². The lowest BCUT2D eigenvalue weighted by atomic mass is 10.1. The topological polar surface area (TPSA) is 83.5 Å². The molecule has 148 valence electrons. The molecule has 0 aliphatic carbocycles. The Labute approximate surface area is 160 Å². The number of unbranched alkanes of at least 4 members (excludes halogenated alkanes) is 3. The molecule has 1 aromatic carbocycles. The molecule has 1 aliphatic rings. The Morgan fingerprint density at radius 3 is 2.27 bits per heavy atom. The normalized spacial score (nSPS) is 15.2. The molecule has 0 bridgehead atoms. The van der Waals surface area contributed by atoms with Gasteiger partial charge >= 0.3 is 0 Å². The summed E-state index contributed by atoms with van der Waals surface area (Å²) in [5.41, 5.74) is 0.928. The molecule has 0 aromatic heterocycles. The molecule has 0 N–H and O–H groups in total. The minimum atomic E-state index is -4.27. The summed E-state index contributed by atoms with van der Waals surface area (Å²) in [6.45, 7) is 5.75. The van der Waals surface area contributed by atoms with E-state index < -0.39 is 10.1 Å². The first-order valence-corrected chi connectivity index (χ1v) is 12.2. The quantitative estimate of drug-likeness (QED) is 0.379. The average molecular weight is 403 g/mol. The minimum Gasteiger partial charge on any atom is -0.744 e. The molecular weight excluding hydrogens is 372 g/mol. The van der Waals surface area contributed by atoms with Gasteiger partial charge in [-0.15, -0.1) is 0 Å². The van der Waals surface area contributed by atoms with Crippen LogP contribution in [0.25, 0.3) is 0 Å². The average Bonchev–Trinajstić information content (AvgIpc) is 2.60. The zero-order valence-corrected chi connectivity index (χ0v) is 17.4. The van der Waals surface area contributed by atoms with Crippen molar-refractivity contribution in [3.63, 3.8) is 0 Å². The number of rotatable bonds is 8. The molecule has 1 aromatic rings. The van der Waals surface area contributed by atoms with Gasteiger partial charge < -0.3 is 9.29 Å². The highest BCUT2D eigenvalue weighted by Gasteiger charge is 2.24. The zero-order chi connectivity index (χ0) is 19.4. The Kier molecular flexibility index (Phi) is 11.1. The SMILES string of the molecule is CCCCCCC(=O)C[S+]1CCOCC1.Cc1ccc(S(=O)(=O)[O-])cc1. The molecule has 2 rings (SSSR count). The summed E-state index contributed by atoms with van der Waals surface area (Å²) in [6.07, 6.45) is 5.65. The summed E-state index contributed by atoms with van der Waals surface area (Å²) in [6, 6.07) is 5.78. The first-order chi connectivity index (χ1) is 12.3. The van der Waals surface area contributed by atoms with E-state index in [1.54, 1.807) is 12.1 Å². The number of carbonyl (C=O) groups is 1. The lowest BCUT2D eigenvalue weighted by Crippen LogP contribution is -2.31. The Bertz CT molecular complexity index is 620. The Hall–Kier alpha value is -0.890. The Morgan fingerprint density at radius 2 is 1.73 bits per heavy atom. The third kappa shape index (κ3) is 10.3. The highest BCUT2D eigenvalue weighted by Crippen LogP contribution is 2.09. The summed E-state index contributed by atoms with van der Waals surface area (Å²) >= 11 is 0. The van der Waals surface area contributed by atoms with Crippen molar-refractivity contribution in [1.29, 1.82) is 0 Å². The van der Waals surface area contributed by atoms with Gasteiger partial charge in [0.2, 0.25) is 0 Å². The van der Waals surface area contributed by atoms with Crippen LogP contribution in [0.2, 0.25) is 0 Å². The molecule has 5 nitrogen and oxygen atoms in total. The lowest BCUT2D eigenvalue weighted by molar-refractivity contribution is -0.116. The van der Waals surface area contributed by atoms with Crippen LogP contribution in [0.5, 0.6) is 0 Å². The number of hydrogen-bond donors (Lipinski definition) is 0. The second-order valence-electron chi connectivity index (χ2n) is 6.39. The predicted molar refractivity (Wildman–Crippen MR) is 106 cm³/mol. The summed E-state index contributed by atoms with van der Waals surface area (Å²) in [5, 5.41) is 0. The van der Waals surface area contributed by atoms with Gasteiger partial charge in [0, 0.05) is 6.42 Å². The van der Waals surface area contributed by atoms with Gasteiger partial charge in [-0.05, 0) is 36.4 Å². The van der Waals surface area contributed by atoms with Gasteiger partial charge in [0.15, 0.2) is 11.5 Å². The molecule has 0 radical (unpaired) electrons. The van der Waals surface area contributed by atoms with Crippen molar-refractivity contribution < 1.29 is 22.5 Å². The summed E-state index contributed by atoms with van der Waals surface area (Å²) < 4.78 is 36.5. The highest BCUT2D eigenvalue weighted by molar-refractivity contribution is 7.97. The Morgan fingerprint density at radius 1 is 1.12 bits per heavy atom. The van der Waals surface area contributed by atoms with Crippen molar-refractivity contribution in [2.75, 3.05) is 30.5 Å². The van der Waals surface area contributed by atoms with Gasteiger partial charge in [-0.25, -0.2) is 8.42 Å². The number of aryl methyl sites for hydroxylation is 1. The van der Waals surface area contributed by atoms with Crippen LogP contribution in [0, 0.1) is 6.92 Å². The third-order valence-electron chi connectivity index (χ3n) is 4.02. The Balaban J connectivity index is 0.000000273. The first kappa shape index (κ1) is 23.1. The molecule has 7 heteroatoms. The van der Waals surface area contributed by atoms with E-state index in [4.69, 9.17) is 4.74 Å². The molecule has 0 unspecified atom stereocenters. The van der Waals surface area contributed by atoms with Crippen LogP contribution in [0.1, 0.15) is 44.6 Å². The number of benzene rings is 1. The van der Waals surface area contributed by atoms with E-state index in [1.165, 1.54) is 31.4 Å². The predicted octanol–water partition coefficient (Wildman–Crippen LogP) is 3.07. The van der Waals surface area contributed by atoms with Gasteiger partial charge in [-0.3, -0.25) is 4.79 Å². The standard InChI is InChI=1S/C12H23O2S.C7H8O3S/c1-2-3-4-5-6-12(13)11-15-9-7-14-8-10-15;1-6-2-4-7(5-3-6)11(8,9)10/h2-11H2,1H3;2-5H,1H3,(H,8,9,10)/q+1;/p-1. The van der Waals surface area contributed by atoms with Crippen LogP contribution in [0.4, 0.5) is 0 Å². The summed E-state index contributed by atoms with van der Waals surface area (Å²) in [5.74, 6) is 3.54. The van der Waals surface area contributed by atoms with Crippen LogP contribution in [0.15, 0.2) is 29.2 Å². The van der Waals surface area contributed by atoms with Crippen molar-refractivity contribution in [1.82, 2.24) is 0 Å². The second-order valence-corrected chi connectivity index (χ2v) is 10.1. The van der Waals surface area contributed by atoms with E-state index in [2.05, 4.69) is 6.92 Å². The van der Waals surface area contributed by atoms with E-state index >= 15 is 0 Å². The van der Waals surface area contributed by atoms with E-state index in [0.717, 1.165) is 48.9 Å². The van der Waals surface area contributed by atoms with Crippen molar-refractivity contribution in [3.05, 3.63) is 29.8 Å². The van der Waals surface area contributed by atoms with Crippen LogP contribution < -0.4 is 0 Å². The molecule has 0 spiro atoms. The third-order valence-corrected chi connectivity index (χ3v) is 7.08. The number of ether oxygens (including phenoxy) is 1. The molecule has 0 atom stereocenters. The van der Waals surface area contributed by atoms with Crippen LogP contribution in [-0.4, -0.2) is 49.2 Å². The number of Topliss-reactive ketones (excluding diaryl/α,β-unsaturated/α-hetero) is 1. The van der Waals surface area contributed by atoms with Gasteiger partial charge in [0.1, 0.15) is 21.6 Å². The summed E-state index contributed by atoms with van der Waals surface area (Å²) in [7, 11) is -3.93. The first-order valence-electron chi connectivity index (χ1n) is 9.09. The van der Waals surface area contributed by atoms with E-state index in [1.807, 2.05) is 6.92 Å². The fourth-order valence-electron chi connectivity index (χ4n) is 2.46. The van der Waals surface area contributed by atoms with Crippen molar-refractivity contribution in [2.45, 2.75) is 50.8 Å². The van der Waals surface area contributed by atoms with Crippen LogP contribution in [0.3, 0.4) is 0 Å². The van der Waals surface area contributed by atoms with E-state index in [9.17, 15) is 17.8 Å². The molecule has 1 fully saturated rings. The van der Waals surface area contributed by atoms with Crippen molar-refractivity contribution in [3.8, 4) is 0 Å². The van der Waals surface area contributed by atoms with Crippen molar-refractivity contribution in [2.24, 2.45) is 0 Å².